The van der Waals surface area contributed by atoms with Crippen molar-refractivity contribution in [2.75, 3.05) is 0 Å². The first-order valence-corrected chi connectivity index (χ1v) is 13.3. The molecule has 0 radical (unpaired) electrons. The molecule has 4 heteroatoms. The van der Waals surface area contributed by atoms with Gasteiger partial charge in [-0.3, -0.25) is 0 Å². The van der Waals surface area contributed by atoms with E-state index in [0.717, 1.165) is 10.2 Å². The van der Waals surface area contributed by atoms with Gasteiger partial charge in [0.15, 0.2) is 0 Å². The molecule has 0 aromatic carbocycles. The second kappa shape index (κ2) is 4.47. The molecule has 84 valence electrons. The van der Waals surface area contributed by atoms with Gasteiger partial charge in [-0.15, -0.1) is 6.58 Å². The Hall–Kier alpha value is 0.351. The molecule has 0 amide bonds. The SMILES string of the molecule is C=C([SiH3])C(C)N([Si](C)(C)C)[Si](C)(C)C. The van der Waals surface area contributed by atoms with Crippen LogP contribution < -0.4 is 0 Å². The normalized spacial score (nSPS) is 16.0. The Morgan fingerprint density at radius 2 is 1.36 bits per heavy atom. The molecule has 0 N–H and O–H groups in total. The summed E-state index contributed by atoms with van der Waals surface area (Å²) in [5.41, 5.74) is 0. The molecule has 0 saturated carbocycles. The van der Waals surface area contributed by atoms with E-state index in [1.165, 1.54) is 5.20 Å². The molecular weight excluding hydrogens is 218 g/mol. The number of rotatable bonds is 4. The molecule has 0 heterocycles. The van der Waals surface area contributed by atoms with Crippen molar-refractivity contribution < 1.29 is 0 Å². The second-order valence-electron chi connectivity index (χ2n) is 6.23. The highest BCUT2D eigenvalue weighted by Crippen LogP contribution is 2.24. The first-order valence-electron chi connectivity index (χ1n) is 5.42. The zero-order valence-electron chi connectivity index (χ0n) is 11.2. The Bertz CT molecular complexity index is 198. The molecule has 0 spiro atoms. The van der Waals surface area contributed by atoms with Gasteiger partial charge in [0, 0.05) is 16.3 Å². The zero-order chi connectivity index (χ0) is 11.7. The van der Waals surface area contributed by atoms with Crippen molar-refractivity contribution in [1.29, 1.82) is 0 Å². The molecule has 0 aromatic heterocycles. The van der Waals surface area contributed by atoms with Crippen LogP contribution in [0.5, 0.6) is 0 Å². The van der Waals surface area contributed by atoms with Gasteiger partial charge in [-0.2, -0.15) is 0 Å². The predicted molar refractivity (Wildman–Crippen MR) is 77.1 cm³/mol. The van der Waals surface area contributed by atoms with Crippen LogP contribution in [-0.4, -0.2) is 37.0 Å². The Morgan fingerprint density at radius 3 is 1.43 bits per heavy atom. The highest BCUT2D eigenvalue weighted by atomic mass is 28.4. The van der Waals surface area contributed by atoms with Crippen molar-refractivity contribution in [3.63, 3.8) is 0 Å². The average molecular weight is 246 g/mol. The van der Waals surface area contributed by atoms with Crippen molar-refractivity contribution in [3.8, 4) is 0 Å². The maximum absolute atomic E-state index is 4.17. The van der Waals surface area contributed by atoms with Crippen LogP contribution in [-0.2, 0) is 0 Å². The van der Waals surface area contributed by atoms with Crippen LogP contribution in [0.3, 0.4) is 0 Å². The van der Waals surface area contributed by atoms with Crippen LogP contribution in [0.15, 0.2) is 11.8 Å². The van der Waals surface area contributed by atoms with E-state index in [2.05, 4.69) is 57.0 Å². The third-order valence-electron chi connectivity index (χ3n) is 2.55. The van der Waals surface area contributed by atoms with E-state index in [1.807, 2.05) is 0 Å². The summed E-state index contributed by atoms with van der Waals surface area (Å²) in [5, 5.41) is 1.44. The molecule has 0 aromatic rings. The average Bonchev–Trinajstić information content (AvgIpc) is 1.79. The van der Waals surface area contributed by atoms with Gasteiger partial charge in [-0.05, 0) is 6.92 Å². The summed E-state index contributed by atoms with van der Waals surface area (Å²) in [7, 11) is -1.26. The summed E-state index contributed by atoms with van der Waals surface area (Å²) in [6.07, 6.45) is 0. The summed E-state index contributed by atoms with van der Waals surface area (Å²) in [5.74, 6) is 0. The van der Waals surface area contributed by atoms with Crippen LogP contribution in [0.4, 0.5) is 0 Å². The topological polar surface area (TPSA) is 3.24 Å². The third kappa shape index (κ3) is 3.84. The Morgan fingerprint density at radius 1 is 1.07 bits per heavy atom. The molecule has 0 aliphatic carbocycles. The van der Waals surface area contributed by atoms with E-state index in [-0.39, 0.29) is 0 Å². The number of hydrogen-bond donors (Lipinski definition) is 0. The molecule has 0 rings (SSSR count). The summed E-state index contributed by atoms with van der Waals surface area (Å²) in [6, 6.07) is 0.611. The van der Waals surface area contributed by atoms with Crippen LogP contribution in [0.25, 0.3) is 0 Å². The standard InChI is InChI=1S/C10H27NSi3/c1-9(10(2)12)11(13(3,4)5)14(6,7)8/h9H,2H2,1,3-8,12H3. The lowest BCUT2D eigenvalue weighted by molar-refractivity contribution is 0.544. The van der Waals surface area contributed by atoms with E-state index < -0.39 is 16.5 Å². The fourth-order valence-corrected chi connectivity index (χ4v) is 14.0. The molecule has 0 bridgehead atoms. The maximum atomic E-state index is 4.17. The van der Waals surface area contributed by atoms with Gasteiger partial charge in [0.1, 0.15) is 16.5 Å². The molecule has 1 nitrogen and oxygen atoms in total. The van der Waals surface area contributed by atoms with Gasteiger partial charge >= 0.3 is 0 Å². The Kier molecular flexibility index (Phi) is 4.58. The minimum Gasteiger partial charge on any atom is -0.340 e. The fourth-order valence-electron chi connectivity index (χ4n) is 2.39. The Labute approximate surface area is 95.2 Å². The van der Waals surface area contributed by atoms with E-state index in [9.17, 15) is 0 Å². The minimum atomic E-state index is -1.19. The summed E-state index contributed by atoms with van der Waals surface area (Å²) >= 11 is 0. The van der Waals surface area contributed by atoms with Crippen LogP contribution in [0, 0.1) is 0 Å². The summed E-state index contributed by atoms with van der Waals surface area (Å²) in [4.78, 5) is 0. The fraction of sp³-hybridized carbons (Fsp3) is 0.800. The third-order valence-corrected chi connectivity index (χ3v) is 11.1. The monoisotopic (exact) mass is 245 g/mol. The van der Waals surface area contributed by atoms with Crippen LogP contribution in [0.2, 0.25) is 39.3 Å². The molecule has 0 saturated heterocycles. The van der Waals surface area contributed by atoms with Gasteiger partial charge in [0.2, 0.25) is 0 Å². The van der Waals surface area contributed by atoms with Gasteiger partial charge in [-0.25, -0.2) is 0 Å². The molecule has 0 aliphatic rings. The molecule has 0 aliphatic heterocycles. The lowest BCUT2D eigenvalue weighted by Gasteiger charge is -2.48. The van der Waals surface area contributed by atoms with E-state index >= 15 is 0 Å². The van der Waals surface area contributed by atoms with Crippen LogP contribution in [0.1, 0.15) is 6.92 Å². The van der Waals surface area contributed by atoms with Crippen molar-refractivity contribution in [2.45, 2.75) is 52.2 Å². The first kappa shape index (κ1) is 14.4. The minimum absolute atomic E-state index is 0.611. The molecule has 1 unspecified atom stereocenters. The molecular formula is C10H27NSi3. The number of nitrogens with zero attached hydrogens (tertiary/aromatic N) is 1. The van der Waals surface area contributed by atoms with Gasteiger partial charge in [0.05, 0.1) is 0 Å². The highest BCUT2D eigenvalue weighted by molar-refractivity contribution is 6.89. The van der Waals surface area contributed by atoms with E-state index in [4.69, 9.17) is 0 Å². The van der Waals surface area contributed by atoms with Gasteiger partial charge in [0.25, 0.3) is 0 Å². The van der Waals surface area contributed by atoms with Crippen LogP contribution >= 0.6 is 0 Å². The molecule has 1 atom stereocenters. The lowest BCUT2D eigenvalue weighted by Crippen LogP contribution is -2.62. The quantitative estimate of drug-likeness (QED) is 0.687. The summed E-state index contributed by atoms with van der Waals surface area (Å²) < 4.78 is 2.83. The van der Waals surface area contributed by atoms with Gasteiger partial charge < -0.3 is 4.23 Å². The number of hydrogen-bond acceptors (Lipinski definition) is 1. The maximum Gasteiger partial charge on any atom is 0.112 e. The summed E-state index contributed by atoms with van der Waals surface area (Å²) in [6.45, 7) is 21.2. The van der Waals surface area contributed by atoms with E-state index in [0.29, 0.717) is 6.04 Å². The zero-order valence-corrected chi connectivity index (χ0v) is 15.2. The molecule has 0 fully saturated rings. The van der Waals surface area contributed by atoms with Gasteiger partial charge in [-0.1, -0.05) is 44.5 Å². The van der Waals surface area contributed by atoms with Crippen molar-refractivity contribution in [3.05, 3.63) is 11.8 Å². The second-order valence-corrected chi connectivity index (χ2v) is 17.6. The Balaban J connectivity index is 5.03. The predicted octanol–water partition coefficient (Wildman–Crippen LogP) is 2.23. The van der Waals surface area contributed by atoms with E-state index in [1.54, 1.807) is 0 Å². The smallest absolute Gasteiger partial charge is 0.112 e. The van der Waals surface area contributed by atoms with Crippen molar-refractivity contribution in [2.24, 2.45) is 0 Å². The highest BCUT2D eigenvalue weighted by Gasteiger charge is 2.37. The lowest BCUT2D eigenvalue weighted by atomic mass is 10.4. The first-order chi connectivity index (χ1) is 5.98. The molecule has 14 heavy (non-hydrogen) atoms. The largest absolute Gasteiger partial charge is 0.340 e. The van der Waals surface area contributed by atoms with Crippen molar-refractivity contribution in [1.82, 2.24) is 4.23 Å². The van der Waals surface area contributed by atoms with Crippen molar-refractivity contribution >= 4 is 26.7 Å².